The Morgan fingerprint density at radius 1 is 1.17 bits per heavy atom. The van der Waals surface area contributed by atoms with Crippen LogP contribution in [0, 0.1) is 0 Å². The van der Waals surface area contributed by atoms with Crippen molar-refractivity contribution < 1.29 is 14.4 Å². The number of hydrogen-bond acceptors (Lipinski definition) is 6. The first-order valence-corrected chi connectivity index (χ1v) is 9.47. The van der Waals surface area contributed by atoms with Crippen LogP contribution in [0.15, 0.2) is 54.1 Å². The van der Waals surface area contributed by atoms with Gasteiger partial charge < -0.3 is 10.2 Å². The number of carbonyl (C=O) groups excluding carboxylic acids is 3. The standard InChI is InChI=1S/C21H21N5O3/c1-13(26-10-4-6-16-18(26)21(29)25(2)20(16)28)19(27)24-15-7-8-17(23-12-15)14-5-3-9-22-11-14/h3,5,7-9,11-13H,4,6,10H2,1-2H3,(H,24,27). The van der Waals surface area contributed by atoms with Crippen LogP contribution >= 0.6 is 0 Å². The Morgan fingerprint density at radius 2 is 2.00 bits per heavy atom. The van der Waals surface area contributed by atoms with E-state index < -0.39 is 6.04 Å². The number of nitrogens with zero attached hydrogens (tertiary/aromatic N) is 4. The zero-order valence-electron chi connectivity index (χ0n) is 16.3. The summed E-state index contributed by atoms with van der Waals surface area (Å²) in [6.07, 6.45) is 6.30. The summed E-state index contributed by atoms with van der Waals surface area (Å²) in [6, 6.07) is 6.74. The highest BCUT2D eigenvalue weighted by Crippen LogP contribution is 2.32. The molecule has 2 aromatic heterocycles. The minimum Gasteiger partial charge on any atom is -0.355 e. The third-order valence-corrected chi connectivity index (χ3v) is 5.30. The molecule has 2 aliphatic heterocycles. The summed E-state index contributed by atoms with van der Waals surface area (Å²) in [6.45, 7) is 2.29. The van der Waals surface area contributed by atoms with Crippen molar-refractivity contribution in [1.29, 1.82) is 0 Å². The highest BCUT2D eigenvalue weighted by atomic mass is 16.2. The monoisotopic (exact) mass is 391 g/mol. The first-order chi connectivity index (χ1) is 14.0. The van der Waals surface area contributed by atoms with Gasteiger partial charge in [0.05, 0.1) is 17.6 Å². The van der Waals surface area contributed by atoms with Gasteiger partial charge in [0.25, 0.3) is 11.8 Å². The van der Waals surface area contributed by atoms with Crippen LogP contribution in [0.5, 0.6) is 0 Å². The molecule has 4 heterocycles. The van der Waals surface area contributed by atoms with Gasteiger partial charge >= 0.3 is 0 Å². The van der Waals surface area contributed by atoms with Crippen LogP contribution in [0.25, 0.3) is 11.3 Å². The summed E-state index contributed by atoms with van der Waals surface area (Å²) in [7, 11) is 1.47. The molecule has 1 unspecified atom stereocenters. The van der Waals surface area contributed by atoms with E-state index in [4.69, 9.17) is 0 Å². The van der Waals surface area contributed by atoms with E-state index in [1.165, 1.54) is 7.05 Å². The Labute approximate surface area is 168 Å². The van der Waals surface area contributed by atoms with Crippen molar-refractivity contribution in [3.05, 3.63) is 54.1 Å². The highest BCUT2D eigenvalue weighted by Gasteiger charge is 2.42. The fourth-order valence-corrected chi connectivity index (χ4v) is 3.67. The highest BCUT2D eigenvalue weighted by molar-refractivity contribution is 6.19. The largest absolute Gasteiger partial charge is 0.355 e. The minimum atomic E-state index is -0.596. The lowest BCUT2D eigenvalue weighted by molar-refractivity contribution is -0.136. The van der Waals surface area contributed by atoms with E-state index >= 15 is 0 Å². The smallest absolute Gasteiger partial charge is 0.277 e. The summed E-state index contributed by atoms with van der Waals surface area (Å²) in [5.74, 6) is -0.867. The van der Waals surface area contributed by atoms with Gasteiger partial charge in [0.15, 0.2) is 0 Å². The number of rotatable bonds is 4. The molecule has 8 nitrogen and oxygen atoms in total. The molecule has 1 atom stereocenters. The van der Waals surface area contributed by atoms with Gasteiger partial charge in [0.2, 0.25) is 5.91 Å². The summed E-state index contributed by atoms with van der Waals surface area (Å²) in [5.41, 5.74) is 3.07. The van der Waals surface area contributed by atoms with E-state index in [1.54, 1.807) is 36.5 Å². The molecule has 3 amide bonds. The molecule has 0 aromatic carbocycles. The van der Waals surface area contributed by atoms with Crippen molar-refractivity contribution in [3.63, 3.8) is 0 Å². The molecule has 2 aromatic rings. The molecule has 0 saturated heterocycles. The molecular formula is C21H21N5O3. The summed E-state index contributed by atoms with van der Waals surface area (Å²) >= 11 is 0. The third-order valence-electron chi connectivity index (χ3n) is 5.30. The molecule has 1 N–H and O–H groups in total. The molecule has 0 saturated carbocycles. The number of amides is 3. The maximum absolute atomic E-state index is 12.8. The fourth-order valence-electron chi connectivity index (χ4n) is 3.67. The van der Waals surface area contributed by atoms with Gasteiger partial charge in [-0.1, -0.05) is 0 Å². The van der Waals surface area contributed by atoms with Gasteiger partial charge in [0, 0.05) is 37.1 Å². The van der Waals surface area contributed by atoms with Crippen molar-refractivity contribution in [2.45, 2.75) is 25.8 Å². The Kier molecular flexibility index (Phi) is 4.84. The number of aromatic nitrogens is 2. The van der Waals surface area contributed by atoms with Crippen molar-refractivity contribution >= 4 is 23.4 Å². The van der Waals surface area contributed by atoms with Gasteiger partial charge in [-0.25, -0.2) is 0 Å². The average molecular weight is 391 g/mol. The SMILES string of the molecule is CC(C(=O)Nc1ccc(-c2cccnc2)nc1)N1CCCC2=C1C(=O)N(C)C2=O. The second kappa shape index (κ2) is 7.46. The number of carbonyl (C=O) groups is 3. The molecule has 0 spiro atoms. The number of likely N-dealkylation sites (N-methyl/N-ethyl adjacent to an activating group) is 1. The van der Waals surface area contributed by atoms with Gasteiger partial charge in [-0.3, -0.25) is 29.3 Å². The Hall–Kier alpha value is -3.55. The molecule has 0 fully saturated rings. The average Bonchev–Trinajstić information content (AvgIpc) is 2.98. The molecule has 29 heavy (non-hydrogen) atoms. The summed E-state index contributed by atoms with van der Waals surface area (Å²) in [4.78, 5) is 48.8. The molecule has 2 aliphatic rings. The van der Waals surface area contributed by atoms with E-state index in [1.807, 2.05) is 18.2 Å². The zero-order valence-corrected chi connectivity index (χ0v) is 16.3. The van der Waals surface area contributed by atoms with E-state index in [2.05, 4.69) is 15.3 Å². The number of anilines is 1. The van der Waals surface area contributed by atoms with E-state index in [0.29, 0.717) is 29.9 Å². The fraction of sp³-hybridized carbons (Fsp3) is 0.286. The molecule has 4 rings (SSSR count). The molecule has 0 bridgehead atoms. The Balaban J connectivity index is 1.49. The third kappa shape index (κ3) is 3.37. The molecular weight excluding hydrogens is 370 g/mol. The lowest BCUT2D eigenvalue weighted by Crippen LogP contribution is -2.45. The molecule has 0 aliphatic carbocycles. The van der Waals surface area contributed by atoms with Gasteiger partial charge in [-0.15, -0.1) is 0 Å². The van der Waals surface area contributed by atoms with Crippen LogP contribution in [0.3, 0.4) is 0 Å². The van der Waals surface area contributed by atoms with Crippen LogP contribution < -0.4 is 5.32 Å². The predicted octanol–water partition coefficient (Wildman–Crippen LogP) is 1.82. The maximum Gasteiger partial charge on any atom is 0.277 e. The molecule has 0 radical (unpaired) electrons. The lowest BCUT2D eigenvalue weighted by Gasteiger charge is -2.33. The topological polar surface area (TPSA) is 95.5 Å². The van der Waals surface area contributed by atoms with E-state index in [9.17, 15) is 14.4 Å². The zero-order chi connectivity index (χ0) is 20.5. The predicted molar refractivity (Wildman–Crippen MR) is 106 cm³/mol. The van der Waals surface area contributed by atoms with Crippen LogP contribution in [-0.2, 0) is 14.4 Å². The van der Waals surface area contributed by atoms with Crippen molar-refractivity contribution in [1.82, 2.24) is 19.8 Å². The minimum absolute atomic E-state index is 0.260. The first-order valence-electron chi connectivity index (χ1n) is 9.47. The van der Waals surface area contributed by atoms with Gasteiger partial charge in [0.1, 0.15) is 11.7 Å². The number of nitrogens with one attached hydrogen (secondary N) is 1. The second-order valence-corrected chi connectivity index (χ2v) is 7.13. The van der Waals surface area contributed by atoms with Crippen LogP contribution in [-0.4, -0.2) is 57.1 Å². The Bertz CT molecular complexity index is 1000. The first kappa shape index (κ1) is 18.8. The molecule has 148 valence electrons. The van der Waals surface area contributed by atoms with Gasteiger partial charge in [-0.2, -0.15) is 0 Å². The second-order valence-electron chi connectivity index (χ2n) is 7.13. The van der Waals surface area contributed by atoms with Crippen LogP contribution in [0.4, 0.5) is 5.69 Å². The quantitative estimate of drug-likeness (QED) is 0.799. The molecule has 8 heteroatoms. The number of pyridine rings is 2. The van der Waals surface area contributed by atoms with Gasteiger partial charge in [-0.05, 0) is 44.0 Å². The van der Waals surface area contributed by atoms with E-state index in [0.717, 1.165) is 22.6 Å². The lowest BCUT2D eigenvalue weighted by atomic mass is 10.0. The number of imide groups is 1. The van der Waals surface area contributed by atoms with Crippen molar-refractivity contribution in [2.75, 3.05) is 18.9 Å². The summed E-state index contributed by atoms with van der Waals surface area (Å²) < 4.78 is 0. The van der Waals surface area contributed by atoms with Crippen LogP contribution in [0.2, 0.25) is 0 Å². The van der Waals surface area contributed by atoms with Crippen LogP contribution in [0.1, 0.15) is 19.8 Å². The van der Waals surface area contributed by atoms with Crippen molar-refractivity contribution in [2.24, 2.45) is 0 Å². The normalized spacial score (nSPS) is 17.4. The summed E-state index contributed by atoms with van der Waals surface area (Å²) in [5, 5.41) is 2.84. The van der Waals surface area contributed by atoms with Crippen molar-refractivity contribution in [3.8, 4) is 11.3 Å². The number of hydrogen-bond donors (Lipinski definition) is 1. The Morgan fingerprint density at radius 3 is 2.69 bits per heavy atom. The van der Waals surface area contributed by atoms with E-state index in [-0.39, 0.29) is 17.7 Å². The maximum atomic E-state index is 12.8.